The molecule has 7 nitrogen and oxygen atoms in total. The van der Waals surface area contributed by atoms with Crippen LogP contribution in [0.3, 0.4) is 0 Å². The molecule has 1 saturated heterocycles. The highest BCUT2D eigenvalue weighted by atomic mass is 16.5. The van der Waals surface area contributed by atoms with E-state index >= 15 is 0 Å². The fraction of sp³-hybridized carbons (Fsp3) is 0.391. The maximum absolute atomic E-state index is 12.8. The molecular weight excluding hydrogens is 384 g/mol. The number of hydrogen-bond acceptors (Lipinski definition) is 5. The molecule has 0 aliphatic carbocycles. The van der Waals surface area contributed by atoms with Crippen molar-refractivity contribution in [3.8, 4) is 0 Å². The average Bonchev–Trinajstić information content (AvgIpc) is 2.78. The van der Waals surface area contributed by atoms with Crippen LogP contribution in [0.15, 0.2) is 36.4 Å². The molecule has 0 atom stereocenters. The van der Waals surface area contributed by atoms with Crippen molar-refractivity contribution in [2.24, 2.45) is 0 Å². The van der Waals surface area contributed by atoms with Gasteiger partial charge in [-0.05, 0) is 43.2 Å². The molecule has 0 N–H and O–H groups in total. The molecule has 30 heavy (non-hydrogen) atoms. The predicted octanol–water partition coefficient (Wildman–Crippen LogP) is 2.77. The van der Waals surface area contributed by atoms with Crippen molar-refractivity contribution in [2.75, 3.05) is 26.2 Å². The molecule has 2 aliphatic rings. The van der Waals surface area contributed by atoms with E-state index in [4.69, 9.17) is 4.74 Å². The van der Waals surface area contributed by atoms with Gasteiger partial charge >= 0.3 is 5.97 Å². The number of piperidine rings is 1. The summed E-state index contributed by atoms with van der Waals surface area (Å²) in [6.07, 6.45) is 3.40. The van der Waals surface area contributed by atoms with Crippen molar-refractivity contribution in [2.45, 2.75) is 32.1 Å². The summed E-state index contributed by atoms with van der Waals surface area (Å²) in [5.74, 6) is -1.37. The number of imide groups is 1. The van der Waals surface area contributed by atoms with Crippen LogP contribution in [0, 0.1) is 0 Å². The van der Waals surface area contributed by atoms with E-state index in [-0.39, 0.29) is 43.7 Å². The van der Waals surface area contributed by atoms with Gasteiger partial charge in [-0.25, -0.2) is 0 Å². The van der Waals surface area contributed by atoms with Gasteiger partial charge in [-0.15, -0.1) is 0 Å². The van der Waals surface area contributed by atoms with E-state index in [1.165, 1.54) is 4.90 Å². The Morgan fingerprint density at radius 2 is 1.53 bits per heavy atom. The Morgan fingerprint density at radius 1 is 0.900 bits per heavy atom. The number of likely N-dealkylation sites (tertiary alicyclic amines) is 1. The quantitative estimate of drug-likeness (QED) is 0.542. The Bertz CT molecular complexity index is 959. The standard InChI is InChI=1S/C23H24N2O5/c26-19(24-12-2-1-3-13-24)15-30-20(27)11-6-14-25-22(28)17-9-4-7-16-8-5-10-18(21(16)17)23(25)29/h4-5,7-10H,1-3,6,11-15H2. The topological polar surface area (TPSA) is 84.0 Å². The van der Waals surface area contributed by atoms with Crippen LogP contribution in [0.5, 0.6) is 0 Å². The van der Waals surface area contributed by atoms with E-state index in [1.54, 1.807) is 29.2 Å². The molecule has 1 fully saturated rings. The minimum Gasteiger partial charge on any atom is -0.456 e. The summed E-state index contributed by atoms with van der Waals surface area (Å²) in [6.45, 7) is 1.29. The molecule has 2 heterocycles. The Kier molecular flexibility index (Phi) is 5.79. The summed E-state index contributed by atoms with van der Waals surface area (Å²) >= 11 is 0. The summed E-state index contributed by atoms with van der Waals surface area (Å²) in [4.78, 5) is 52.6. The van der Waals surface area contributed by atoms with Crippen LogP contribution in [0.1, 0.15) is 52.8 Å². The van der Waals surface area contributed by atoms with E-state index in [2.05, 4.69) is 0 Å². The van der Waals surface area contributed by atoms with Gasteiger partial charge in [-0.1, -0.05) is 24.3 Å². The number of esters is 1. The molecule has 2 aliphatic heterocycles. The van der Waals surface area contributed by atoms with Crippen LogP contribution in [0.25, 0.3) is 10.8 Å². The Balaban J connectivity index is 1.31. The minimum atomic E-state index is -0.500. The normalized spacial score (nSPS) is 16.1. The van der Waals surface area contributed by atoms with Gasteiger partial charge in [0.2, 0.25) is 0 Å². The van der Waals surface area contributed by atoms with E-state index in [0.29, 0.717) is 29.6 Å². The zero-order chi connectivity index (χ0) is 21.1. The van der Waals surface area contributed by atoms with Crippen LogP contribution < -0.4 is 0 Å². The number of rotatable bonds is 6. The van der Waals surface area contributed by atoms with Gasteiger partial charge in [0.25, 0.3) is 17.7 Å². The number of hydrogen-bond donors (Lipinski definition) is 0. The molecule has 2 aromatic carbocycles. The van der Waals surface area contributed by atoms with Gasteiger partial charge in [-0.3, -0.25) is 24.1 Å². The van der Waals surface area contributed by atoms with Crippen molar-refractivity contribution < 1.29 is 23.9 Å². The summed E-state index contributed by atoms with van der Waals surface area (Å²) in [6, 6.07) is 10.8. The molecule has 0 saturated carbocycles. The molecule has 2 aromatic rings. The first-order valence-corrected chi connectivity index (χ1v) is 10.4. The van der Waals surface area contributed by atoms with E-state index in [1.807, 2.05) is 12.1 Å². The van der Waals surface area contributed by atoms with Crippen LogP contribution in [0.4, 0.5) is 0 Å². The van der Waals surface area contributed by atoms with Gasteiger partial charge in [0.05, 0.1) is 0 Å². The third-order valence-corrected chi connectivity index (χ3v) is 5.68. The fourth-order valence-corrected chi connectivity index (χ4v) is 4.11. The highest BCUT2D eigenvalue weighted by Crippen LogP contribution is 2.30. The van der Waals surface area contributed by atoms with Crippen LogP contribution in [-0.2, 0) is 14.3 Å². The fourth-order valence-electron chi connectivity index (χ4n) is 4.11. The summed E-state index contributed by atoms with van der Waals surface area (Å²) in [5, 5.41) is 1.54. The van der Waals surface area contributed by atoms with Crippen molar-refractivity contribution in [3.05, 3.63) is 47.5 Å². The molecule has 0 radical (unpaired) electrons. The van der Waals surface area contributed by atoms with Gasteiger partial charge in [-0.2, -0.15) is 0 Å². The zero-order valence-corrected chi connectivity index (χ0v) is 16.8. The van der Waals surface area contributed by atoms with E-state index in [9.17, 15) is 19.2 Å². The maximum Gasteiger partial charge on any atom is 0.306 e. The lowest BCUT2D eigenvalue weighted by atomic mass is 9.94. The largest absolute Gasteiger partial charge is 0.456 e. The second-order valence-electron chi connectivity index (χ2n) is 7.68. The second-order valence-corrected chi connectivity index (χ2v) is 7.68. The smallest absolute Gasteiger partial charge is 0.306 e. The predicted molar refractivity (Wildman–Crippen MR) is 110 cm³/mol. The molecule has 0 unspecified atom stereocenters. The van der Waals surface area contributed by atoms with E-state index in [0.717, 1.165) is 24.6 Å². The number of amides is 3. The molecule has 0 aromatic heterocycles. The van der Waals surface area contributed by atoms with Crippen LogP contribution in [0.2, 0.25) is 0 Å². The zero-order valence-electron chi connectivity index (χ0n) is 16.8. The van der Waals surface area contributed by atoms with Crippen molar-refractivity contribution in [3.63, 3.8) is 0 Å². The summed E-state index contributed by atoms with van der Waals surface area (Å²) in [7, 11) is 0. The molecule has 7 heteroatoms. The van der Waals surface area contributed by atoms with Crippen molar-refractivity contribution >= 4 is 34.5 Å². The maximum atomic E-state index is 12.8. The molecule has 3 amide bonds. The van der Waals surface area contributed by atoms with Gasteiger partial charge in [0.15, 0.2) is 6.61 Å². The molecule has 156 valence electrons. The number of nitrogens with zero attached hydrogens (tertiary/aromatic N) is 2. The summed E-state index contributed by atoms with van der Waals surface area (Å²) in [5.41, 5.74) is 0.995. The number of benzene rings is 2. The van der Waals surface area contributed by atoms with Gasteiger partial charge in [0.1, 0.15) is 0 Å². The Labute approximate surface area is 174 Å². The number of ether oxygens (including phenoxy) is 1. The number of carbonyl (C=O) groups is 4. The van der Waals surface area contributed by atoms with E-state index < -0.39 is 5.97 Å². The third kappa shape index (κ3) is 3.92. The SMILES string of the molecule is O=C(CCCN1C(=O)c2cccc3cccc(c23)C1=O)OCC(=O)N1CCCCC1. The third-order valence-electron chi connectivity index (χ3n) is 5.68. The highest BCUT2D eigenvalue weighted by molar-refractivity contribution is 6.25. The van der Waals surface area contributed by atoms with Gasteiger partial charge < -0.3 is 9.64 Å². The Morgan fingerprint density at radius 3 is 2.17 bits per heavy atom. The lowest BCUT2D eigenvalue weighted by molar-refractivity contribution is -0.152. The molecule has 0 bridgehead atoms. The summed E-state index contributed by atoms with van der Waals surface area (Å²) < 4.78 is 5.08. The monoisotopic (exact) mass is 408 g/mol. The Hall–Kier alpha value is -3.22. The second kappa shape index (κ2) is 8.65. The first-order chi connectivity index (χ1) is 14.6. The average molecular weight is 408 g/mol. The highest BCUT2D eigenvalue weighted by Gasteiger charge is 2.32. The number of carbonyl (C=O) groups excluding carboxylic acids is 4. The lowest BCUT2D eigenvalue weighted by Gasteiger charge is -2.27. The molecule has 4 rings (SSSR count). The molecule has 0 spiro atoms. The van der Waals surface area contributed by atoms with Crippen LogP contribution >= 0.6 is 0 Å². The first-order valence-electron chi connectivity index (χ1n) is 10.4. The van der Waals surface area contributed by atoms with Crippen molar-refractivity contribution in [1.82, 2.24) is 9.80 Å². The van der Waals surface area contributed by atoms with Crippen molar-refractivity contribution in [1.29, 1.82) is 0 Å². The van der Waals surface area contributed by atoms with Gasteiger partial charge in [0, 0.05) is 42.6 Å². The lowest BCUT2D eigenvalue weighted by Crippen LogP contribution is -2.41. The molecular formula is C23H24N2O5. The minimum absolute atomic E-state index is 0.0379. The van der Waals surface area contributed by atoms with Crippen LogP contribution in [-0.4, -0.2) is 59.7 Å². The first kappa shape index (κ1) is 20.1.